The molecular formula is C14H15BrFN3O2. The van der Waals surface area contributed by atoms with Crippen molar-refractivity contribution in [1.82, 2.24) is 9.78 Å². The summed E-state index contributed by atoms with van der Waals surface area (Å²) < 4.78 is 20.5. The highest BCUT2D eigenvalue weighted by molar-refractivity contribution is 9.10. The summed E-state index contributed by atoms with van der Waals surface area (Å²) in [4.78, 5) is 11.9. The van der Waals surface area contributed by atoms with Crippen molar-refractivity contribution in [1.29, 1.82) is 0 Å². The maximum absolute atomic E-state index is 13.3. The maximum Gasteiger partial charge on any atom is 0.270 e. The highest BCUT2D eigenvalue weighted by Gasteiger charge is 2.04. The van der Waals surface area contributed by atoms with E-state index in [9.17, 15) is 9.18 Å². The van der Waals surface area contributed by atoms with E-state index in [1.807, 2.05) is 0 Å². The molecule has 0 atom stereocenters. The molecule has 0 radical (unpaired) electrons. The Bertz CT molecular complexity index is 655. The first-order valence-electron chi connectivity index (χ1n) is 6.43. The minimum absolute atomic E-state index is 0.193. The summed E-state index contributed by atoms with van der Waals surface area (Å²) >= 11 is 3.21. The average molecular weight is 356 g/mol. The molecule has 0 aliphatic carbocycles. The topological polar surface area (TPSA) is 70.1 Å². The van der Waals surface area contributed by atoms with Crippen molar-refractivity contribution in [2.45, 2.75) is 13.0 Å². The summed E-state index contributed by atoms with van der Waals surface area (Å²) in [5, 5.41) is 4.02. The molecule has 0 fully saturated rings. The van der Waals surface area contributed by atoms with Crippen LogP contribution in [0.15, 0.2) is 39.7 Å². The third-order valence-corrected chi connectivity index (χ3v) is 3.17. The van der Waals surface area contributed by atoms with Gasteiger partial charge in [0.15, 0.2) is 0 Å². The zero-order valence-electron chi connectivity index (χ0n) is 11.3. The fraction of sp³-hybridized carbons (Fsp3) is 0.286. The minimum atomic E-state index is -0.367. The van der Waals surface area contributed by atoms with Gasteiger partial charge in [0, 0.05) is 10.5 Å². The molecule has 0 unspecified atom stereocenters. The molecule has 5 nitrogen and oxygen atoms in total. The third kappa shape index (κ3) is 4.64. The molecule has 0 saturated carbocycles. The average Bonchev–Trinajstić information content (AvgIpc) is 2.41. The number of hydrogen-bond acceptors (Lipinski definition) is 4. The van der Waals surface area contributed by atoms with E-state index in [-0.39, 0.29) is 17.9 Å². The van der Waals surface area contributed by atoms with E-state index < -0.39 is 0 Å². The van der Waals surface area contributed by atoms with Gasteiger partial charge in [0.2, 0.25) is 0 Å². The van der Waals surface area contributed by atoms with Gasteiger partial charge in [-0.1, -0.05) is 15.9 Å². The van der Waals surface area contributed by atoms with E-state index in [1.165, 1.54) is 29.1 Å². The Balaban J connectivity index is 2.12. The number of halogens is 2. The lowest BCUT2D eigenvalue weighted by Crippen LogP contribution is -2.23. The molecule has 0 bridgehead atoms. The van der Waals surface area contributed by atoms with Crippen molar-refractivity contribution in [2.24, 2.45) is 5.73 Å². The van der Waals surface area contributed by atoms with Crippen LogP contribution >= 0.6 is 15.9 Å². The Labute approximate surface area is 129 Å². The summed E-state index contributed by atoms with van der Waals surface area (Å²) in [6, 6.07) is 5.82. The molecule has 0 saturated heterocycles. The molecule has 7 heteroatoms. The van der Waals surface area contributed by atoms with Crippen molar-refractivity contribution in [3.8, 4) is 5.75 Å². The monoisotopic (exact) mass is 355 g/mol. The normalized spacial score (nSPS) is 10.6. The summed E-state index contributed by atoms with van der Waals surface area (Å²) in [6.45, 7) is 1.16. The van der Waals surface area contributed by atoms with Crippen LogP contribution in [0.25, 0.3) is 0 Å². The van der Waals surface area contributed by atoms with Crippen LogP contribution in [0.3, 0.4) is 0 Å². The summed E-state index contributed by atoms with van der Waals surface area (Å²) in [6.07, 6.45) is 2.17. The van der Waals surface area contributed by atoms with Gasteiger partial charge in [-0.05, 0) is 36.7 Å². The van der Waals surface area contributed by atoms with E-state index >= 15 is 0 Å². The van der Waals surface area contributed by atoms with E-state index in [4.69, 9.17) is 10.5 Å². The van der Waals surface area contributed by atoms with E-state index in [0.29, 0.717) is 35.4 Å². The van der Waals surface area contributed by atoms with Crippen LogP contribution < -0.4 is 16.0 Å². The van der Waals surface area contributed by atoms with Crippen LogP contribution in [0.4, 0.5) is 4.39 Å². The Morgan fingerprint density at radius 3 is 2.81 bits per heavy atom. The standard InChI is InChI=1S/C14H15BrFN3O2/c15-11-4-10(5-12(16)6-11)9-19-14(20)7-13(8-18-19)21-3-1-2-17/h4-8H,1-3,9,17H2. The first-order chi connectivity index (χ1) is 10.1. The molecule has 1 heterocycles. The molecule has 0 aliphatic heterocycles. The third-order valence-electron chi connectivity index (χ3n) is 2.72. The van der Waals surface area contributed by atoms with Crippen molar-refractivity contribution in [3.05, 3.63) is 56.7 Å². The molecule has 0 aliphatic rings. The number of ether oxygens (including phenoxy) is 1. The van der Waals surface area contributed by atoms with Crippen LogP contribution in [0.5, 0.6) is 5.75 Å². The van der Waals surface area contributed by atoms with E-state index in [0.717, 1.165) is 0 Å². The van der Waals surface area contributed by atoms with Gasteiger partial charge < -0.3 is 10.5 Å². The molecule has 0 spiro atoms. The second-order valence-corrected chi connectivity index (χ2v) is 5.37. The molecule has 112 valence electrons. The second-order valence-electron chi connectivity index (χ2n) is 4.46. The van der Waals surface area contributed by atoms with Crippen molar-refractivity contribution >= 4 is 15.9 Å². The summed E-state index contributed by atoms with van der Waals surface area (Å²) in [5.74, 6) is 0.0410. The zero-order valence-corrected chi connectivity index (χ0v) is 12.8. The summed E-state index contributed by atoms with van der Waals surface area (Å²) in [5.41, 5.74) is 5.70. The zero-order chi connectivity index (χ0) is 15.2. The lowest BCUT2D eigenvalue weighted by molar-refractivity contribution is 0.309. The molecule has 2 N–H and O–H groups in total. The quantitative estimate of drug-likeness (QED) is 0.803. The van der Waals surface area contributed by atoms with Gasteiger partial charge in [0.1, 0.15) is 11.6 Å². The van der Waals surface area contributed by atoms with Crippen LogP contribution in [-0.2, 0) is 6.54 Å². The van der Waals surface area contributed by atoms with E-state index in [2.05, 4.69) is 21.0 Å². The molecule has 2 aromatic rings. The minimum Gasteiger partial charge on any atom is -0.492 e. The van der Waals surface area contributed by atoms with Gasteiger partial charge in [0.25, 0.3) is 5.56 Å². The molecular weight excluding hydrogens is 341 g/mol. The van der Waals surface area contributed by atoms with Crippen molar-refractivity contribution in [3.63, 3.8) is 0 Å². The SMILES string of the molecule is NCCCOc1cnn(Cc2cc(F)cc(Br)c2)c(=O)c1. The van der Waals surface area contributed by atoms with E-state index in [1.54, 1.807) is 6.07 Å². The number of nitrogens with two attached hydrogens (primary N) is 1. The van der Waals surface area contributed by atoms with Crippen molar-refractivity contribution in [2.75, 3.05) is 13.2 Å². The Hall–Kier alpha value is -1.73. The maximum atomic E-state index is 13.3. The molecule has 21 heavy (non-hydrogen) atoms. The highest BCUT2D eigenvalue weighted by Crippen LogP contribution is 2.15. The van der Waals surface area contributed by atoms with Gasteiger partial charge in [-0.15, -0.1) is 0 Å². The predicted molar refractivity (Wildman–Crippen MR) is 80.9 cm³/mol. The predicted octanol–water partition coefficient (Wildman–Crippen LogP) is 1.92. The van der Waals surface area contributed by atoms with Gasteiger partial charge in [-0.2, -0.15) is 5.10 Å². The van der Waals surface area contributed by atoms with Crippen molar-refractivity contribution < 1.29 is 9.13 Å². The fourth-order valence-corrected chi connectivity index (χ4v) is 2.28. The fourth-order valence-electron chi connectivity index (χ4n) is 1.76. The highest BCUT2D eigenvalue weighted by atomic mass is 79.9. The molecule has 0 amide bonds. The van der Waals surface area contributed by atoms with Crippen LogP contribution in [0, 0.1) is 5.82 Å². The lowest BCUT2D eigenvalue weighted by atomic mass is 10.2. The number of nitrogens with zero attached hydrogens (tertiary/aromatic N) is 2. The number of hydrogen-bond donors (Lipinski definition) is 1. The Morgan fingerprint density at radius 1 is 1.33 bits per heavy atom. The van der Waals surface area contributed by atoms with Gasteiger partial charge >= 0.3 is 0 Å². The molecule has 1 aromatic carbocycles. The van der Waals surface area contributed by atoms with Gasteiger partial charge in [-0.25, -0.2) is 9.07 Å². The van der Waals surface area contributed by atoms with Gasteiger partial charge in [-0.3, -0.25) is 4.79 Å². The molecule has 1 aromatic heterocycles. The number of aromatic nitrogens is 2. The second kappa shape index (κ2) is 7.33. The Kier molecular flexibility index (Phi) is 5.46. The van der Waals surface area contributed by atoms with Gasteiger partial charge in [0.05, 0.1) is 19.3 Å². The first-order valence-corrected chi connectivity index (χ1v) is 7.23. The lowest BCUT2D eigenvalue weighted by Gasteiger charge is -2.08. The number of benzene rings is 1. The number of rotatable bonds is 6. The van der Waals surface area contributed by atoms with Crippen LogP contribution in [-0.4, -0.2) is 22.9 Å². The summed E-state index contributed by atoms with van der Waals surface area (Å²) in [7, 11) is 0. The largest absolute Gasteiger partial charge is 0.492 e. The smallest absolute Gasteiger partial charge is 0.270 e. The van der Waals surface area contributed by atoms with Crippen LogP contribution in [0.1, 0.15) is 12.0 Å². The first kappa shape index (κ1) is 15.7. The Morgan fingerprint density at radius 2 is 2.14 bits per heavy atom. The van der Waals surface area contributed by atoms with Crippen LogP contribution in [0.2, 0.25) is 0 Å². The molecule has 2 rings (SSSR count).